The monoisotopic (exact) mass is 322 g/mol. The molecule has 24 heavy (non-hydrogen) atoms. The maximum Gasteiger partial charge on any atom is 0.269 e. The molecule has 0 aliphatic carbocycles. The zero-order chi connectivity index (χ0) is 16.8. The van der Waals surface area contributed by atoms with Crippen LogP contribution in [-0.4, -0.2) is 35.7 Å². The third-order valence-electron chi connectivity index (χ3n) is 3.97. The van der Waals surface area contributed by atoms with E-state index in [9.17, 15) is 4.79 Å². The van der Waals surface area contributed by atoms with Crippen LogP contribution in [0.1, 0.15) is 21.7 Å². The maximum atomic E-state index is 11.5. The lowest BCUT2D eigenvalue weighted by molar-refractivity contribution is 0.0997. The molecular formula is C15H14N8O. The number of primary amides is 1. The minimum absolute atomic E-state index is 0.210. The number of fused-ring (bicyclic) bond motifs is 2. The number of H-pyrrole nitrogens is 1. The van der Waals surface area contributed by atoms with Gasteiger partial charge in [0, 0.05) is 22.3 Å². The summed E-state index contributed by atoms with van der Waals surface area (Å²) in [7, 11) is 0. The average molecular weight is 322 g/mol. The molecule has 3 heterocycles. The van der Waals surface area contributed by atoms with Gasteiger partial charge >= 0.3 is 0 Å². The molecule has 9 nitrogen and oxygen atoms in total. The van der Waals surface area contributed by atoms with Crippen LogP contribution in [0.15, 0.2) is 24.5 Å². The third kappa shape index (κ3) is 2.06. The van der Waals surface area contributed by atoms with Crippen LogP contribution in [0.3, 0.4) is 0 Å². The number of hydrogen-bond donors (Lipinski definition) is 3. The van der Waals surface area contributed by atoms with Crippen molar-refractivity contribution in [2.75, 3.05) is 5.32 Å². The standard InChI is InChI=1S/C15H14N8O/c1-7-8(2)19-15-17-6-18-23(15)14(7)20-9-3-4-11-10(5-9)12(13(16)24)22-21-11/h3-6,20H,1-2H3,(H2,16,24)(H,21,22). The smallest absolute Gasteiger partial charge is 0.269 e. The highest BCUT2D eigenvalue weighted by Crippen LogP contribution is 2.26. The molecule has 0 fully saturated rings. The van der Waals surface area contributed by atoms with Gasteiger partial charge in [0.1, 0.15) is 12.1 Å². The lowest BCUT2D eigenvalue weighted by Crippen LogP contribution is -2.11. The normalized spacial score (nSPS) is 11.2. The van der Waals surface area contributed by atoms with Crippen LogP contribution in [0.4, 0.5) is 11.5 Å². The van der Waals surface area contributed by atoms with Crippen LogP contribution in [-0.2, 0) is 0 Å². The predicted octanol–water partition coefficient (Wildman–Crippen LogP) is 1.46. The molecule has 4 rings (SSSR count). The van der Waals surface area contributed by atoms with Crippen LogP contribution in [0.5, 0.6) is 0 Å². The minimum Gasteiger partial charge on any atom is -0.364 e. The molecule has 0 aliphatic rings. The Morgan fingerprint density at radius 3 is 2.96 bits per heavy atom. The lowest BCUT2D eigenvalue weighted by atomic mass is 10.1. The molecule has 120 valence electrons. The first-order valence-electron chi connectivity index (χ1n) is 7.26. The second kappa shape index (κ2) is 5.01. The molecule has 0 saturated carbocycles. The van der Waals surface area contributed by atoms with E-state index in [0.29, 0.717) is 11.2 Å². The first-order chi connectivity index (χ1) is 11.5. The van der Waals surface area contributed by atoms with E-state index >= 15 is 0 Å². The van der Waals surface area contributed by atoms with Gasteiger partial charge in [0.05, 0.1) is 5.52 Å². The van der Waals surface area contributed by atoms with Gasteiger partial charge in [-0.05, 0) is 32.0 Å². The van der Waals surface area contributed by atoms with E-state index in [0.717, 1.165) is 28.3 Å². The van der Waals surface area contributed by atoms with Crippen LogP contribution in [0.2, 0.25) is 0 Å². The molecule has 0 saturated heterocycles. The first-order valence-corrected chi connectivity index (χ1v) is 7.26. The Bertz CT molecular complexity index is 1090. The Morgan fingerprint density at radius 1 is 1.33 bits per heavy atom. The Kier molecular flexibility index (Phi) is 2.95. The van der Waals surface area contributed by atoms with Gasteiger partial charge in [0.25, 0.3) is 11.7 Å². The molecular weight excluding hydrogens is 308 g/mol. The zero-order valence-corrected chi connectivity index (χ0v) is 13.0. The van der Waals surface area contributed by atoms with Crippen molar-refractivity contribution in [2.45, 2.75) is 13.8 Å². The fraction of sp³-hybridized carbons (Fsp3) is 0.133. The quantitative estimate of drug-likeness (QED) is 0.524. The summed E-state index contributed by atoms with van der Waals surface area (Å²) in [5.41, 5.74) is 8.90. The van der Waals surface area contributed by atoms with Crippen molar-refractivity contribution in [1.82, 2.24) is 29.8 Å². The summed E-state index contributed by atoms with van der Waals surface area (Å²) in [6.07, 6.45) is 1.46. The van der Waals surface area contributed by atoms with Gasteiger partial charge < -0.3 is 11.1 Å². The molecule has 0 unspecified atom stereocenters. The number of amides is 1. The second-order valence-corrected chi connectivity index (χ2v) is 5.46. The number of aromatic amines is 1. The molecule has 0 bridgehead atoms. The summed E-state index contributed by atoms with van der Waals surface area (Å²) in [4.78, 5) is 20.0. The number of carbonyl (C=O) groups excluding carboxylic acids is 1. The van der Waals surface area contributed by atoms with Gasteiger partial charge in [-0.2, -0.15) is 19.7 Å². The number of aryl methyl sites for hydroxylation is 1. The van der Waals surface area contributed by atoms with Crippen molar-refractivity contribution in [3.8, 4) is 0 Å². The highest BCUT2D eigenvalue weighted by Gasteiger charge is 2.14. The number of benzene rings is 1. The van der Waals surface area contributed by atoms with Gasteiger partial charge in [-0.3, -0.25) is 9.89 Å². The van der Waals surface area contributed by atoms with Gasteiger partial charge in [-0.25, -0.2) is 4.98 Å². The van der Waals surface area contributed by atoms with Crippen molar-refractivity contribution in [1.29, 1.82) is 0 Å². The van der Waals surface area contributed by atoms with E-state index in [-0.39, 0.29) is 5.69 Å². The molecule has 0 spiro atoms. The Balaban J connectivity index is 1.85. The maximum absolute atomic E-state index is 11.5. The van der Waals surface area contributed by atoms with E-state index in [2.05, 4.69) is 30.6 Å². The topological polar surface area (TPSA) is 127 Å². The highest BCUT2D eigenvalue weighted by molar-refractivity contribution is 6.04. The number of anilines is 2. The fourth-order valence-electron chi connectivity index (χ4n) is 2.60. The number of rotatable bonds is 3. The first kappa shape index (κ1) is 14.1. The van der Waals surface area contributed by atoms with E-state index in [1.807, 2.05) is 32.0 Å². The summed E-state index contributed by atoms with van der Waals surface area (Å²) in [5.74, 6) is 0.703. The number of carbonyl (C=O) groups is 1. The minimum atomic E-state index is -0.576. The Morgan fingerprint density at radius 2 is 2.17 bits per heavy atom. The summed E-state index contributed by atoms with van der Waals surface area (Å²) in [6, 6.07) is 5.53. The second-order valence-electron chi connectivity index (χ2n) is 5.46. The van der Waals surface area contributed by atoms with Gasteiger partial charge in [-0.15, -0.1) is 0 Å². The number of aromatic nitrogens is 6. The van der Waals surface area contributed by atoms with Crippen LogP contribution in [0.25, 0.3) is 16.7 Å². The number of nitrogens with one attached hydrogen (secondary N) is 2. The predicted molar refractivity (Wildman–Crippen MR) is 88.2 cm³/mol. The Labute approximate surface area is 135 Å². The molecule has 0 aliphatic heterocycles. The van der Waals surface area contributed by atoms with Crippen LogP contribution < -0.4 is 11.1 Å². The third-order valence-corrected chi connectivity index (χ3v) is 3.97. The molecule has 3 aromatic heterocycles. The van der Waals surface area contributed by atoms with E-state index in [1.54, 1.807) is 4.52 Å². The summed E-state index contributed by atoms with van der Waals surface area (Å²) < 4.78 is 1.64. The number of hydrogen-bond acceptors (Lipinski definition) is 6. The SMILES string of the molecule is Cc1nc2ncnn2c(Nc2ccc3[nH]nc(C(N)=O)c3c2)c1C. The fourth-order valence-corrected chi connectivity index (χ4v) is 2.60. The molecule has 4 N–H and O–H groups in total. The molecule has 4 aromatic rings. The molecule has 9 heteroatoms. The van der Waals surface area contributed by atoms with Crippen molar-refractivity contribution >= 4 is 34.1 Å². The van der Waals surface area contributed by atoms with E-state index < -0.39 is 5.91 Å². The largest absolute Gasteiger partial charge is 0.364 e. The number of nitrogens with zero attached hydrogens (tertiary/aromatic N) is 5. The Hall–Kier alpha value is -3.49. The van der Waals surface area contributed by atoms with Crippen LogP contribution >= 0.6 is 0 Å². The van der Waals surface area contributed by atoms with Gasteiger partial charge in [0.15, 0.2) is 5.69 Å². The highest BCUT2D eigenvalue weighted by atomic mass is 16.1. The summed E-state index contributed by atoms with van der Waals surface area (Å²) in [5, 5.41) is 14.9. The van der Waals surface area contributed by atoms with Crippen LogP contribution in [0, 0.1) is 13.8 Å². The summed E-state index contributed by atoms with van der Waals surface area (Å²) in [6.45, 7) is 3.87. The van der Waals surface area contributed by atoms with Crippen molar-refractivity contribution in [3.63, 3.8) is 0 Å². The van der Waals surface area contributed by atoms with E-state index in [4.69, 9.17) is 5.73 Å². The molecule has 1 amide bonds. The van der Waals surface area contributed by atoms with Gasteiger partial charge in [-0.1, -0.05) is 0 Å². The molecule has 0 radical (unpaired) electrons. The van der Waals surface area contributed by atoms with Crippen molar-refractivity contribution in [2.24, 2.45) is 5.73 Å². The van der Waals surface area contributed by atoms with Crippen molar-refractivity contribution in [3.05, 3.63) is 41.5 Å². The van der Waals surface area contributed by atoms with E-state index in [1.165, 1.54) is 6.33 Å². The zero-order valence-electron chi connectivity index (χ0n) is 13.0. The summed E-state index contributed by atoms with van der Waals surface area (Å²) >= 11 is 0. The average Bonchev–Trinajstić information content (AvgIpc) is 3.17. The van der Waals surface area contributed by atoms with Gasteiger partial charge in [0.2, 0.25) is 0 Å². The molecule has 0 atom stereocenters. The lowest BCUT2D eigenvalue weighted by Gasteiger charge is -2.12. The number of nitrogens with two attached hydrogens (primary N) is 1. The molecule has 1 aromatic carbocycles. The van der Waals surface area contributed by atoms with Crippen molar-refractivity contribution < 1.29 is 4.79 Å².